The monoisotopic (exact) mass is 599 g/mol. The molecule has 4 heterocycles. The number of para-hydroxylation sites is 1. The summed E-state index contributed by atoms with van der Waals surface area (Å²) in [4.78, 5) is 45.9. The Morgan fingerprint density at radius 2 is 1.60 bits per heavy atom. The van der Waals surface area contributed by atoms with Crippen LogP contribution in [0.3, 0.4) is 0 Å². The molecule has 3 amide bonds. The van der Waals surface area contributed by atoms with E-state index in [1.54, 1.807) is 44.7 Å². The molecule has 6 rings (SSSR count). The second-order valence-electron chi connectivity index (χ2n) is 10.7. The van der Waals surface area contributed by atoms with E-state index in [0.717, 1.165) is 28.1 Å². The highest BCUT2D eigenvalue weighted by molar-refractivity contribution is 8.00. The molecule has 0 bridgehead atoms. The van der Waals surface area contributed by atoms with Crippen LogP contribution in [0, 0.1) is 13.8 Å². The SMILES string of the molecule is CC(=O)N1CCN(C(=O)CN2C(=O)CSC(c3sccc3C)c3c(-c4ccccc4)nn(-c4ccccc4C)c32)CC1. The number of aryl methyl sites for hydroxylation is 2. The van der Waals surface area contributed by atoms with Crippen molar-refractivity contribution in [3.05, 3.63) is 87.6 Å². The molecule has 0 spiro atoms. The molecule has 10 heteroatoms. The number of aromatic nitrogens is 2. The number of rotatable bonds is 5. The van der Waals surface area contributed by atoms with E-state index in [2.05, 4.69) is 18.4 Å². The number of hydrogen-bond donors (Lipinski definition) is 0. The van der Waals surface area contributed by atoms with Crippen LogP contribution in [0.5, 0.6) is 0 Å². The number of carbonyl (C=O) groups excluding carboxylic acids is 3. The first-order chi connectivity index (χ1) is 20.3. The maximum atomic E-state index is 14.0. The summed E-state index contributed by atoms with van der Waals surface area (Å²) in [6.45, 7) is 7.49. The molecule has 1 atom stereocenters. The van der Waals surface area contributed by atoms with E-state index in [-0.39, 0.29) is 35.3 Å². The Labute approximate surface area is 253 Å². The van der Waals surface area contributed by atoms with Crippen molar-refractivity contribution >= 4 is 46.6 Å². The summed E-state index contributed by atoms with van der Waals surface area (Å²) in [6, 6.07) is 20.2. The Morgan fingerprint density at radius 3 is 2.26 bits per heavy atom. The minimum absolute atomic E-state index is 0.0111. The second-order valence-corrected chi connectivity index (χ2v) is 12.7. The number of thioether (sulfide) groups is 1. The molecule has 0 saturated carbocycles. The van der Waals surface area contributed by atoms with Gasteiger partial charge in [-0.2, -0.15) is 5.10 Å². The van der Waals surface area contributed by atoms with Crippen LogP contribution in [0.25, 0.3) is 16.9 Å². The van der Waals surface area contributed by atoms with Gasteiger partial charge >= 0.3 is 0 Å². The average Bonchev–Trinajstić information content (AvgIpc) is 3.57. The zero-order chi connectivity index (χ0) is 29.4. The lowest BCUT2D eigenvalue weighted by atomic mass is 10.0. The molecule has 42 heavy (non-hydrogen) atoms. The fourth-order valence-electron chi connectivity index (χ4n) is 5.66. The van der Waals surface area contributed by atoms with Gasteiger partial charge in [0.05, 0.1) is 22.4 Å². The molecule has 1 unspecified atom stereocenters. The van der Waals surface area contributed by atoms with Crippen LogP contribution in [-0.4, -0.2) is 75.8 Å². The summed E-state index contributed by atoms with van der Waals surface area (Å²) in [5.41, 5.74) is 5.77. The lowest BCUT2D eigenvalue weighted by molar-refractivity contribution is -0.137. The van der Waals surface area contributed by atoms with E-state index in [1.165, 1.54) is 10.4 Å². The number of hydrogen-bond acceptors (Lipinski definition) is 6. The number of piperazine rings is 1. The van der Waals surface area contributed by atoms with Crippen LogP contribution in [0.2, 0.25) is 0 Å². The van der Waals surface area contributed by atoms with Crippen molar-refractivity contribution in [1.82, 2.24) is 19.6 Å². The van der Waals surface area contributed by atoms with Crippen molar-refractivity contribution in [3.8, 4) is 16.9 Å². The predicted octanol–water partition coefficient (Wildman–Crippen LogP) is 5.08. The number of amides is 3. The van der Waals surface area contributed by atoms with E-state index >= 15 is 0 Å². The molecule has 8 nitrogen and oxygen atoms in total. The van der Waals surface area contributed by atoms with Crippen LogP contribution in [0.15, 0.2) is 66.0 Å². The Morgan fingerprint density at radius 1 is 0.905 bits per heavy atom. The summed E-state index contributed by atoms with van der Waals surface area (Å²) in [5, 5.41) is 7.17. The van der Waals surface area contributed by atoms with Crippen LogP contribution in [-0.2, 0) is 14.4 Å². The maximum absolute atomic E-state index is 14.0. The molecular formula is C32H33N5O3S2. The molecule has 2 aromatic carbocycles. The highest BCUT2D eigenvalue weighted by Gasteiger charge is 2.39. The number of carbonyl (C=O) groups is 3. The summed E-state index contributed by atoms with van der Waals surface area (Å²) in [5.74, 6) is 0.642. The molecule has 4 aromatic rings. The normalized spacial score (nSPS) is 17.3. The largest absolute Gasteiger partial charge is 0.339 e. The molecule has 2 aliphatic heterocycles. The highest BCUT2D eigenvalue weighted by atomic mass is 32.2. The number of thiophene rings is 1. The lowest BCUT2D eigenvalue weighted by Crippen LogP contribution is -2.53. The molecular weight excluding hydrogens is 567 g/mol. The quantitative estimate of drug-likeness (QED) is 0.320. The van der Waals surface area contributed by atoms with E-state index in [4.69, 9.17) is 5.10 Å². The van der Waals surface area contributed by atoms with Crippen LogP contribution < -0.4 is 4.90 Å². The highest BCUT2D eigenvalue weighted by Crippen LogP contribution is 2.50. The van der Waals surface area contributed by atoms with Crippen LogP contribution in [0.1, 0.15) is 33.7 Å². The van der Waals surface area contributed by atoms with Crippen LogP contribution in [0.4, 0.5) is 5.82 Å². The molecule has 0 N–H and O–H groups in total. The average molecular weight is 600 g/mol. The minimum Gasteiger partial charge on any atom is -0.339 e. The van der Waals surface area contributed by atoms with Gasteiger partial charge < -0.3 is 9.80 Å². The van der Waals surface area contributed by atoms with Gasteiger partial charge in [-0.25, -0.2) is 4.68 Å². The molecule has 1 saturated heterocycles. The molecule has 216 valence electrons. The fourth-order valence-corrected chi connectivity index (χ4v) is 8.13. The van der Waals surface area contributed by atoms with Gasteiger partial charge in [0.15, 0.2) is 0 Å². The van der Waals surface area contributed by atoms with Crippen LogP contribution >= 0.6 is 23.1 Å². The zero-order valence-corrected chi connectivity index (χ0v) is 25.6. The van der Waals surface area contributed by atoms with Gasteiger partial charge in [0, 0.05) is 49.1 Å². The summed E-state index contributed by atoms with van der Waals surface area (Å²) in [7, 11) is 0. The zero-order valence-electron chi connectivity index (χ0n) is 23.9. The first-order valence-electron chi connectivity index (χ1n) is 14.1. The predicted molar refractivity (Wildman–Crippen MR) is 168 cm³/mol. The van der Waals surface area contributed by atoms with Crippen molar-refractivity contribution in [3.63, 3.8) is 0 Å². The van der Waals surface area contributed by atoms with Gasteiger partial charge in [0.2, 0.25) is 17.7 Å². The topological polar surface area (TPSA) is 78.8 Å². The first-order valence-corrected chi connectivity index (χ1v) is 16.0. The lowest BCUT2D eigenvalue weighted by Gasteiger charge is -2.35. The smallest absolute Gasteiger partial charge is 0.242 e. The number of fused-ring (bicyclic) bond motifs is 1. The number of benzene rings is 2. The van der Waals surface area contributed by atoms with E-state index in [9.17, 15) is 14.4 Å². The molecule has 2 aromatic heterocycles. The van der Waals surface area contributed by atoms with Gasteiger partial charge in [-0.15, -0.1) is 23.1 Å². The standard InChI is InChI=1S/C32H33N5O3S2/c1-21-9-7-8-12-25(21)37-32-28(29(33-37)24-10-5-4-6-11-24)31(30-22(2)13-18-41-30)42-20-27(40)36(32)19-26(39)35-16-14-34(15-17-35)23(3)38/h4-13,18,31H,14-17,19-20H2,1-3H3. The van der Waals surface area contributed by atoms with Crippen molar-refractivity contribution < 1.29 is 14.4 Å². The van der Waals surface area contributed by atoms with Gasteiger partial charge in [-0.1, -0.05) is 48.5 Å². The van der Waals surface area contributed by atoms with E-state index in [1.807, 2.05) is 66.2 Å². The second kappa shape index (κ2) is 11.8. The number of nitrogens with zero attached hydrogens (tertiary/aromatic N) is 5. The van der Waals surface area contributed by atoms with Crippen molar-refractivity contribution in [2.75, 3.05) is 43.4 Å². The Hall–Kier alpha value is -3.89. The third-order valence-corrected chi connectivity index (χ3v) is 10.4. The van der Waals surface area contributed by atoms with E-state index < -0.39 is 0 Å². The Balaban J connectivity index is 1.52. The molecule has 0 aliphatic carbocycles. The Bertz CT molecular complexity index is 1640. The Kier molecular flexibility index (Phi) is 7.92. The van der Waals surface area contributed by atoms with Gasteiger partial charge in [0.1, 0.15) is 12.4 Å². The molecule has 1 fully saturated rings. The van der Waals surface area contributed by atoms with Gasteiger partial charge in [-0.3, -0.25) is 19.3 Å². The number of anilines is 1. The third-order valence-electron chi connectivity index (χ3n) is 7.99. The van der Waals surface area contributed by atoms with Gasteiger partial charge in [0.25, 0.3) is 0 Å². The first kappa shape index (κ1) is 28.2. The summed E-state index contributed by atoms with van der Waals surface area (Å²) >= 11 is 3.28. The van der Waals surface area contributed by atoms with Crippen molar-refractivity contribution in [2.24, 2.45) is 0 Å². The fraction of sp³-hybridized carbons (Fsp3) is 0.312. The summed E-state index contributed by atoms with van der Waals surface area (Å²) < 4.78 is 1.87. The maximum Gasteiger partial charge on any atom is 0.242 e. The van der Waals surface area contributed by atoms with Crippen molar-refractivity contribution in [1.29, 1.82) is 0 Å². The summed E-state index contributed by atoms with van der Waals surface area (Å²) in [6.07, 6.45) is 0. The minimum atomic E-state index is -0.132. The third kappa shape index (κ3) is 5.25. The molecule has 0 radical (unpaired) electrons. The van der Waals surface area contributed by atoms with E-state index in [0.29, 0.717) is 32.0 Å². The van der Waals surface area contributed by atoms with Crippen molar-refractivity contribution in [2.45, 2.75) is 26.0 Å². The molecule has 2 aliphatic rings. The van der Waals surface area contributed by atoms with Gasteiger partial charge in [-0.05, 0) is 42.5 Å².